The smallest absolute Gasteiger partial charge is 0.0840 e. The summed E-state index contributed by atoms with van der Waals surface area (Å²) in [4.78, 5) is 0. The van der Waals surface area contributed by atoms with Crippen LogP contribution in [0.15, 0.2) is 0 Å². The topological polar surface area (TPSA) is 18.5 Å². The fourth-order valence-corrected chi connectivity index (χ4v) is 2.78. The van der Waals surface area contributed by atoms with Crippen LogP contribution < -0.4 is 0 Å². The summed E-state index contributed by atoms with van der Waals surface area (Å²) >= 11 is 13.9. The fourth-order valence-electron chi connectivity index (χ4n) is 1.51. The minimum Gasteiger partial charge on any atom is -0.376 e. The number of alkyl halides is 3. The molecule has 0 saturated carbocycles. The molecule has 1 fully saturated rings. The van der Waals surface area contributed by atoms with Crippen molar-refractivity contribution in [1.82, 2.24) is 0 Å². The van der Waals surface area contributed by atoms with E-state index >= 15 is 0 Å². The molecule has 1 aliphatic heterocycles. The fraction of sp³-hybridized carbons (Fsp3) is 1.00. The van der Waals surface area contributed by atoms with Gasteiger partial charge in [-0.3, -0.25) is 0 Å². The molecular weight excluding hydrogens is 350 g/mol. The van der Waals surface area contributed by atoms with Crippen molar-refractivity contribution in [1.29, 1.82) is 0 Å². The number of ether oxygens (including phenoxy) is 2. The van der Waals surface area contributed by atoms with Crippen molar-refractivity contribution in [3.05, 3.63) is 0 Å². The van der Waals surface area contributed by atoms with E-state index in [1.165, 1.54) is 12.8 Å². The van der Waals surface area contributed by atoms with Gasteiger partial charge in [0, 0.05) is 18.4 Å². The summed E-state index contributed by atoms with van der Waals surface area (Å²) in [5.41, 5.74) is 0. The van der Waals surface area contributed by atoms with Gasteiger partial charge in [-0.1, -0.05) is 22.6 Å². The first-order valence-corrected chi connectivity index (χ1v) is 7.58. The predicted octanol–water partition coefficient (Wildman–Crippen LogP) is 3.22. The highest BCUT2D eigenvalue weighted by Gasteiger charge is 2.21. The SMILES string of the molecule is ClCC(I)C(CCl)OCC1CCCCO1. The van der Waals surface area contributed by atoms with Crippen molar-refractivity contribution in [2.75, 3.05) is 25.0 Å². The molecule has 5 heteroatoms. The van der Waals surface area contributed by atoms with E-state index in [-0.39, 0.29) is 16.1 Å². The van der Waals surface area contributed by atoms with Crippen LogP contribution in [0.5, 0.6) is 0 Å². The Bertz CT molecular complexity index is 166. The van der Waals surface area contributed by atoms with E-state index in [1.807, 2.05) is 0 Å². The Hall–Kier alpha value is 1.23. The van der Waals surface area contributed by atoms with Crippen LogP contribution in [-0.4, -0.2) is 41.1 Å². The highest BCUT2D eigenvalue weighted by atomic mass is 127. The lowest BCUT2D eigenvalue weighted by molar-refractivity contribution is -0.0567. The predicted molar refractivity (Wildman–Crippen MR) is 72.6 cm³/mol. The molecule has 0 aromatic rings. The number of hydrogen-bond acceptors (Lipinski definition) is 2. The Labute approximate surface area is 115 Å². The largest absolute Gasteiger partial charge is 0.376 e. The molecule has 1 heterocycles. The lowest BCUT2D eigenvalue weighted by Crippen LogP contribution is -2.33. The van der Waals surface area contributed by atoms with E-state index in [9.17, 15) is 0 Å². The molecule has 0 spiro atoms. The van der Waals surface area contributed by atoms with E-state index < -0.39 is 0 Å². The van der Waals surface area contributed by atoms with Crippen molar-refractivity contribution < 1.29 is 9.47 Å². The highest BCUT2D eigenvalue weighted by Crippen LogP contribution is 2.17. The molecule has 15 heavy (non-hydrogen) atoms. The van der Waals surface area contributed by atoms with Gasteiger partial charge in [-0.25, -0.2) is 0 Å². The standard InChI is InChI=1S/C10H17Cl2IO2/c11-5-9(13)10(6-12)15-7-8-3-1-2-4-14-8/h8-10H,1-7H2. The normalized spacial score (nSPS) is 26.2. The zero-order valence-corrected chi connectivity index (χ0v) is 12.3. The van der Waals surface area contributed by atoms with Gasteiger partial charge in [-0.15, -0.1) is 23.2 Å². The minimum atomic E-state index is 0.0373. The third-order valence-electron chi connectivity index (χ3n) is 2.47. The average molecular weight is 367 g/mol. The number of rotatable bonds is 6. The van der Waals surface area contributed by atoms with Crippen LogP contribution in [0, 0.1) is 0 Å². The van der Waals surface area contributed by atoms with Crippen LogP contribution in [0.25, 0.3) is 0 Å². The first-order chi connectivity index (χ1) is 7.27. The summed E-state index contributed by atoms with van der Waals surface area (Å²) in [6.07, 6.45) is 3.80. The first-order valence-electron chi connectivity index (χ1n) is 5.27. The summed E-state index contributed by atoms with van der Waals surface area (Å²) in [5, 5.41) is 0. The number of halogens is 3. The zero-order chi connectivity index (χ0) is 11.1. The molecular formula is C10H17Cl2IO2. The van der Waals surface area contributed by atoms with Crippen molar-refractivity contribution >= 4 is 45.8 Å². The Morgan fingerprint density at radius 1 is 1.33 bits per heavy atom. The Balaban J connectivity index is 2.20. The van der Waals surface area contributed by atoms with Crippen molar-refractivity contribution in [3.63, 3.8) is 0 Å². The lowest BCUT2D eigenvalue weighted by Gasteiger charge is -2.26. The van der Waals surface area contributed by atoms with Crippen LogP contribution in [0.4, 0.5) is 0 Å². The van der Waals surface area contributed by atoms with E-state index in [1.54, 1.807) is 0 Å². The van der Waals surface area contributed by atoms with Gasteiger partial charge < -0.3 is 9.47 Å². The van der Waals surface area contributed by atoms with Gasteiger partial charge in [-0.05, 0) is 19.3 Å². The summed E-state index contributed by atoms with van der Waals surface area (Å²) in [6.45, 7) is 1.51. The second-order valence-corrected chi connectivity index (χ2v) is 5.90. The summed E-state index contributed by atoms with van der Waals surface area (Å²) in [6, 6.07) is 0. The third-order valence-corrected chi connectivity index (χ3v) is 4.87. The maximum Gasteiger partial charge on any atom is 0.0840 e. The number of hydrogen-bond donors (Lipinski definition) is 0. The maximum atomic E-state index is 5.83. The molecule has 0 amide bonds. The van der Waals surface area contributed by atoms with Crippen LogP contribution in [-0.2, 0) is 9.47 Å². The molecule has 90 valence electrons. The molecule has 1 rings (SSSR count). The second-order valence-electron chi connectivity index (χ2n) is 3.68. The highest BCUT2D eigenvalue weighted by molar-refractivity contribution is 14.1. The van der Waals surface area contributed by atoms with Gasteiger partial charge in [0.15, 0.2) is 0 Å². The van der Waals surface area contributed by atoms with Gasteiger partial charge in [0.05, 0.1) is 22.7 Å². The van der Waals surface area contributed by atoms with Gasteiger partial charge >= 0.3 is 0 Å². The third kappa shape index (κ3) is 5.39. The summed E-state index contributed by atoms with van der Waals surface area (Å²) < 4.78 is 11.6. The molecule has 0 aliphatic carbocycles. The van der Waals surface area contributed by atoms with E-state index in [4.69, 9.17) is 32.7 Å². The van der Waals surface area contributed by atoms with E-state index in [2.05, 4.69) is 22.6 Å². The van der Waals surface area contributed by atoms with Gasteiger partial charge in [0.2, 0.25) is 0 Å². The van der Waals surface area contributed by atoms with Crippen LogP contribution in [0.2, 0.25) is 0 Å². The Kier molecular flexibility index (Phi) is 7.95. The van der Waals surface area contributed by atoms with E-state index in [0.29, 0.717) is 18.4 Å². The second kappa shape index (κ2) is 8.34. The van der Waals surface area contributed by atoms with Crippen LogP contribution >= 0.6 is 45.8 Å². The molecule has 0 radical (unpaired) electrons. The summed E-state index contributed by atoms with van der Waals surface area (Å²) in [7, 11) is 0. The van der Waals surface area contributed by atoms with Gasteiger partial charge in [-0.2, -0.15) is 0 Å². The molecule has 0 N–H and O–H groups in total. The van der Waals surface area contributed by atoms with Crippen LogP contribution in [0.3, 0.4) is 0 Å². The molecule has 3 unspecified atom stereocenters. The molecule has 2 nitrogen and oxygen atoms in total. The molecule has 1 saturated heterocycles. The quantitative estimate of drug-likeness (QED) is 0.530. The van der Waals surface area contributed by atoms with Crippen LogP contribution in [0.1, 0.15) is 19.3 Å². The van der Waals surface area contributed by atoms with Gasteiger partial charge in [0.25, 0.3) is 0 Å². The molecule has 0 aromatic carbocycles. The Morgan fingerprint density at radius 2 is 2.13 bits per heavy atom. The van der Waals surface area contributed by atoms with Crippen molar-refractivity contribution in [2.45, 2.75) is 35.4 Å². The monoisotopic (exact) mass is 366 g/mol. The molecule has 0 aromatic heterocycles. The van der Waals surface area contributed by atoms with E-state index in [0.717, 1.165) is 13.0 Å². The average Bonchev–Trinajstić information content (AvgIpc) is 2.31. The zero-order valence-electron chi connectivity index (χ0n) is 8.63. The molecule has 3 atom stereocenters. The maximum absolute atomic E-state index is 5.83. The molecule has 0 bridgehead atoms. The van der Waals surface area contributed by atoms with Crippen molar-refractivity contribution in [2.24, 2.45) is 0 Å². The minimum absolute atomic E-state index is 0.0373. The first kappa shape index (κ1) is 14.3. The molecule has 1 aliphatic rings. The van der Waals surface area contributed by atoms with Gasteiger partial charge in [0.1, 0.15) is 0 Å². The lowest BCUT2D eigenvalue weighted by atomic mass is 10.1. The Morgan fingerprint density at radius 3 is 2.67 bits per heavy atom. The summed E-state index contributed by atoms with van der Waals surface area (Å²) in [5.74, 6) is 1.07. The van der Waals surface area contributed by atoms with Crippen molar-refractivity contribution in [3.8, 4) is 0 Å².